The standard InChI is InChI=1S/C64H45NS2/c1-5-17-46(18-6-1)51-35-41-61-62-42-40-54(45-64(62)66-63(61)44-51)65(53-38-33-49(34-39-53)60-30-16-20-48-19-13-14-29-59(48)60)52-36-31-47(32-37-52)50-21-15-28-58(43-50)67(55-22-7-2-8-23-55,56-24-9-3-10-25-56)57-26-11-4-12-27-57/h1-45H. The van der Waals surface area contributed by atoms with Gasteiger partial charge in [-0.1, -0.05) is 182 Å². The van der Waals surface area contributed by atoms with Crippen molar-refractivity contribution < 1.29 is 0 Å². The van der Waals surface area contributed by atoms with Crippen LogP contribution in [-0.4, -0.2) is 0 Å². The molecule has 0 bridgehead atoms. The predicted octanol–water partition coefficient (Wildman–Crippen LogP) is 19.0. The van der Waals surface area contributed by atoms with Crippen LogP contribution in [0.2, 0.25) is 0 Å². The zero-order valence-corrected chi connectivity index (χ0v) is 38.4. The molecule has 12 aromatic rings. The maximum atomic E-state index is 2.43. The van der Waals surface area contributed by atoms with Crippen LogP contribution in [-0.2, 0) is 0 Å². The van der Waals surface area contributed by atoms with E-state index in [-0.39, 0.29) is 0 Å². The lowest BCUT2D eigenvalue weighted by atomic mass is 9.98. The van der Waals surface area contributed by atoms with Gasteiger partial charge < -0.3 is 4.90 Å². The lowest BCUT2D eigenvalue weighted by molar-refractivity contribution is 1.24. The molecule has 0 atom stereocenters. The van der Waals surface area contributed by atoms with Crippen LogP contribution in [0.15, 0.2) is 293 Å². The average molecular weight is 892 g/mol. The molecule has 0 fully saturated rings. The van der Waals surface area contributed by atoms with Crippen LogP contribution >= 0.6 is 21.4 Å². The fourth-order valence-corrected chi connectivity index (χ4v) is 14.9. The molecule has 0 saturated heterocycles. The summed E-state index contributed by atoms with van der Waals surface area (Å²) in [5, 5.41) is 5.08. The molecule has 1 heterocycles. The van der Waals surface area contributed by atoms with Gasteiger partial charge in [-0.05, 0) is 135 Å². The fourth-order valence-electron chi connectivity index (χ4n) is 9.79. The molecule has 0 radical (unpaired) electrons. The van der Waals surface area contributed by atoms with Crippen LogP contribution in [0.3, 0.4) is 0 Å². The van der Waals surface area contributed by atoms with Gasteiger partial charge in [-0.25, -0.2) is 0 Å². The first-order chi connectivity index (χ1) is 33.2. The van der Waals surface area contributed by atoms with Crippen molar-refractivity contribution in [2.45, 2.75) is 19.6 Å². The molecule has 3 heteroatoms. The van der Waals surface area contributed by atoms with Gasteiger partial charge in [0.25, 0.3) is 0 Å². The van der Waals surface area contributed by atoms with Crippen LogP contribution in [0.1, 0.15) is 0 Å². The minimum atomic E-state index is -1.82. The first-order valence-corrected chi connectivity index (χ1v) is 25.2. The van der Waals surface area contributed by atoms with E-state index in [1.54, 1.807) is 0 Å². The summed E-state index contributed by atoms with van der Waals surface area (Å²) in [5.74, 6) is 0. The third-order valence-electron chi connectivity index (χ3n) is 13.0. The molecule has 1 nitrogen and oxygen atoms in total. The Kier molecular flexibility index (Phi) is 10.6. The van der Waals surface area contributed by atoms with Crippen LogP contribution in [0.5, 0.6) is 0 Å². The van der Waals surface area contributed by atoms with Gasteiger partial charge in [-0.2, -0.15) is 0 Å². The molecule has 0 spiro atoms. The number of fused-ring (bicyclic) bond motifs is 4. The minimum Gasteiger partial charge on any atom is -0.310 e. The number of hydrogen-bond acceptors (Lipinski definition) is 2. The van der Waals surface area contributed by atoms with Crippen LogP contribution in [0.25, 0.3) is 64.3 Å². The summed E-state index contributed by atoms with van der Waals surface area (Å²) in [6, 6.07) is 100. The molecule has 0 N–H and O–H groups in total. The summed E-state index contributed by atoms with van der Waals surface area (Å²) < 4.78 is 2.56. The van der Waals surface area contributed by atoms with E-state index in [1.165, 1.54) is 83.9 Å². The molecule has 0 saturated carbocycles. The monoisotopic (exact) mass is 891 g/mol. The lowest BCUT2D eigenvalue weighted by Gasteiger charge is -2.42. The molecule has 0 aliphatic heterocycles. The van der Waals surface area contributed by atoms with E-state index in [9.17, 15) is 0 Å². The highest BCUT2D eigenvalue weighted by Gasteiger charge is 2.33. The van der Waals surface area contributed by atoms with Gasteiger partial charge in [0.1, 0.15) is 0 Å². The maximum Gasteiger partial charge on any atom is 0.0476 e. The Morgan fingerprint density at radius 2 is 0.701 bits per heavy atom. The van der Waals surface area contributed by atoms with Crippen LogP contribution in [0, 0.1) is 0 Å². The molecule has 12 rings (SSSR count). The third-order valence-corrected chi connectivity index (χ3v) is 18.0. The van der Waals surface area contributed by atoms with E-state index in [0.717, 1.165) is 17.1 Å². The van der Waals surface area contributed by atoms with E-state index in [1.807, 2.05) is 11.3 Å². The number of benzene rings is 11. The van der Waals surface area contributed by atoms with Gasteiger partial charge in [0.05, 0.1) is 0 Å². The van der Waals surface area contributed by atoms with Gasteiger partial charge in [0.15, 0.2) is 0 Å². The number of hydrogen-bond donors (Lipinski definition) is 0. The smallest absolute Gasteiger partial charge is 0.0476 e. The molecular formula is C64H45NS2. The van der Waals surface area contributed by atoms with Crippen molar-refractivity contribution in [3.63, 3.8) is 0 Å². The second-order valence-electron chi connectivity index (χ2n) is 16.9. The van der Waals surface area contributed by atoms with Crippen molar-refractivity contribution in [2.75, 3.05) is 4.90 Å². The molecule has 318 valence electrons. The Morgan fingerprint density at radius 3 is 1.34 bits per heavy atom. The van der Waals surface area contributed by atoms with Crippen LogP contribution in [0.4, 0.5) is 17.1 Å². The van der Waals surface area contributed by atoms with Crippen LogP contribution < -0.4 is 4.90 Å². The molecule has 1 aromatic heterocycles. The van der Waals surface area contributed by atoms with E-state index in [4.69, 9.17) is 0 Å². The molecule has 0 aliphatic carbocycles. The first kappa shape index (κ1) is 40.6. The molecule has 0 amide bonds. The van der Waals surface area contributed by atoms with Gasteiger partial charge in [-0.15, -0.1) is 21.4 Å². The largest absolute Gasteiger partial charge is 0.310 e. The Bertz CT molecular complexity index is 3560. The lowest BCUT2D eigenvalue weighted by Crippen LogP contribution is -2.09. The van der Waals surface area contributed by atoms with Crippen molar-refractivity contribution in [1.29, 1.82) is 0 Å². The third kappa shape index (κ3) is 7.39. The Labute approximate surface area is 397 Å². The number of rotatable bonds is 10. The SMILES string of the molecule is c1ccc(-c2ccc3c(c2)sc2cc(N(c4ccc(-c5cccc(S(c6ccccc6)(c6ccccc6)c6ccccc6)c5)cc4)c4ccc(-c5cccc6ccccc56)cc4)ccc23)cc1. The zero-order valence-electron chi connectivity index (χ0n) is 36.7. The second kappa shape index (κ2) is 17.5. The molecule has 11 aromatic carbocycles. The van der Waals surface area contributed by atoms with E-state index in [0.29, 0.717) is 0 Å². The number of anilines is 3. The minimum absolute atomic E-state index is 1.10. The molecule has 0 aliphatic rings. The fraction of sp³-hybridized carbons (Fsp3) is 0. The quantitative estimate of drug-likeness (QED) is 0.132. The second-order valence-corrected chi connectivity index (χ2v) is 21.1. The highest BCUT2D eigenvalue weighted by atomic mass is 32.3. The molecule has 0 unspecified atom stereocenters. The molecule has 67 heavy (non-hydrogen) atoms. The van der Waals surface area contributed by atoms with Gasteiger partial charge in [-0.3, -0.25) is 0 Å². The Balaban J connectivity index is 0.964. The highest BCUT2D eigenvalue weighted by Crippen LogP contribution is 2.73. The van der Waals surface area contributed by atoms with E-state index >= 15 is 0 Å². The Hall–Kier alpha value is -7.95. The summed E-state index contributed by atoms with van der Waals surface area (Å²) in [4.78, 5) is 7.65. The topological polar surface area (TPSA) is 3.24 Å². The number of thiophene rings is 1. The normalized spacial score (nSPS) is 11.8. The van der Waals surface area contributed by atoms with Gasteiger partial charge in [0.2, 0.25) is 0 Å². The summed E-state index contributed by atoms with van der Waals surface area (Å²) in [7, 11) is -1.82. The number of nitrogens with zero attached hydrogens (tertiary/aromatic N) is 1. The van der Waals surface area contributed by atoms with E-state index in [2.05, 4.69) is 278 Å². The van der Waals surface area contributed by atoms with E-state index < -0.39 is 10.0 Å². The van der Waals surface area contributed by atoms with Gasteiger partial charge >= 0.3 is 0 Å². The van der Waals surface area contributed by atoms with Crippen molar-refractivity contribution in [3.8, 4) is 33.4 Å². The van der Waals surface area contributed by atoms with Crippen molar-refractivity contribution in [2.24, 2.45) is 0 Å². The molecular weight excluding hydrogens is 847 g/mol. The summed E-state index contributed by atoms with van der Waals surface area (Å²) in [5.41, 5.74) is 10.6. The summed E-state index contributed by atoms with van der Waals surface area (Å²) in [6.45, 7) is 0. The van der Waals surface area contributed by atoms with Crippen molar-refractivity contribution >= 4 is 69.4 Å². The average Bonchev–Trinajstić information content (AvgIpc) is 3.78. The van der Waals surface area contributed by atoms with Crippen molar-refractivity contribution in [1.82, 2.24) is 0 Å². The van der Waals surface area contributed by atoms with Gasteiger partial charge in [0, 0.05) is 56.8 Å². The maximum absolute atomic E-state index is 2.43. The zero-order chi connectivity index (χ0) is 44.6. The Morgan fingerprint density at radius 1 is 0.269 bits per heavy atom. The van der Waals surface area contributed by atoms with Crippen molar-refractivity contribution in [3.05, 3.63) is 273 Å². The summed E-state index contributed by atoms with van der Waals surface area (Å²) >= 11 is 1.87. The first-order valence-electron chi connectivity index (χ1n) is 22.8. The summed E-state index contributed by atoms with van der Waals surface area (Å²) in [6.07, 6.45) is 0. The predicted molar refractivity (Wildman–Crippen MR) is 288 cm³/mol. The highest BCUT2D eigenvalue weighted by molar-refractivity contribution is 8.34.